The van der Waals surface area contributed by atoms with Gasteiger partial charge in [-0.15, -0.1) is 10.2 Å². The third-order valence-electron chi connectivity index (χ3n) is 4.34. The highest BCUT2D eigenvalue weighted by molar-refractivity contribution is 6.30. The van der Waals surface area contributed by atoms with E-state index in [1.807, 2.05) is 42.5 Å². The van der Waals surface area contributed by atoms with Crippen LogP contribution in [0, 0.1) is 0 Å². The van der Waals surface area contributed by atoms with Crippen molar-refractivity contribution >= 4 is 17.5 Å². The predicted octanol–water partition coefficient (Wildman–Crippen LogP) is 2.73. The predicted molar refractivity (Wildman–Crippen MR) is 95.7 cm³/mol. The molecule has 1 fully saturated rings. The summed E-state index contributed by atoms with van der Waals surface area (Å²) in [6.45, 7) is 1.48. The highest BCUT2D eigenvalue weighted by atomic mass is 35.5. The molecule has 1 saturated heterocycles. The second-order valence-electron chi connectivity index (χ2n) is 5.94. The Balaban J connectivity index is 1.58. The Morgan fingerprint density at radius 2 is 2.00 bits per heavy atom. The number of benzene rings is 2. The number of morpholine rings is 1. The van der Waals surface area contributed by atoms with Crippen molar-refractivity contribution in [3.8, 4) is 11.4 Å². The zero-order valence-corrected chi connectivity index (χ0v) is 14.6. The van der Waals surface area contributed by atoms with Crippen LogP contribution in [-0.2, 0) is 4.74 Å². The van der Waals surface area contributed by atoms with E-state index in [1.54, 1.807) is 11.0 Å². The Hall–Kier alpha value is -2.77. The number of tetrazole rings is 1. The Labute approximate surface area is 154 Å². The number of aromatic amines is 1. The fourth-order valence-electron chi connectivity index (χ4n) is 3.02. The molecule has 1 aliphatic rings. The van der Waals surface area contributed by atoms with Crippen LogP contribution in [0.15, 0.2) is 48.5 Å². The van der Waals surface area contributed by atoms with Crippen molar-refractivity contribution in [2.24, 2.45) is 0 Å². The van der Waals surface area contributed by atoms with Gasteiger partial charge in [0.15, 0.2) is 0 Å². The Bertz CT molecular complexity index is 898. The van der Waals surface area contributed by atoms with Crippen LogP contribution in [0.1, 0.15) is 22.0 Å². The summed E-state index contributed by atoms with van der Waals surface area (Å²) >= 11 is 5.95. The SMILES string of the molecule is O=C(c1ccccc1-c1nn[nH]n1)N1CCO[C@H](c2ccc(Cl)cc2)C1. The number of amides is 1. The van der Waals surface area contributed by atoms with Crippen LogP contribution in [0.5, 0.6) is 0 Å². The van der Waals surface area contributed by atoms with Gasteiger partial charge in [-0.2, -0.15) is 5.21 Å². The molecule has 1 N–H and O–H groups in total. The Kier molecular flexibility index (Phi) is 4.64. The maximum Gasteiger partial charge on any atom is 0.254 e. The second-order valence-corrected chi connectivity index (χ2v) is 6.38. The Morgan fingerprint density at radius 3 is 2.77 bits per heavy atom. The summed E-state index contributed by atoms with van der Waals surface area (Å²) in [6.07, 6.45) is -0.178. The lowest BCUT2D eigenvalue weighted by Crippen LogP contribution is -2.42. The van der Waals surface area contributed by atoms with Crippen molar-refractivity contribution in [2.45, 2.75) is 6.10 Å². The van der Waals surface area contributed by atoms with E-state index in [4.69, 9.17) is 16.3 Å². The van der Waals surface area contributed by atoms with Crippen LogP contribution in [0.4, 0.5) is 0 Å². The maximum absolute atomic E-state index is 13.1. The summed E-state index contributed by atoms with van der Waals surface area (Å²) in [4.78, 5) is 14.9. The first-order valence-electron chi connectivity index (χ1n) is 8.21. The second kappa shape index (κ2) is 7.23. The van der Waals surface area contributed by atoms with E-state index >= 15 is 0 Å². The minimum atomic E-state index is -0.178. The number of hydrogen-bond donors (Lipinski definition) is 1. The van der Waals surface area contributed by atoms with E-state index in [2.05, 4.69) is 20.6 Å². The van der Waals surface area contributed by atoms with Gasteiger partial charge in [-0.3, -0.25) is 4.79 Å². The summed E-state index contributed by atoms with van der Waals surface area (Å²) in [5, 5.41) is 14.7. The third-order valence-corrected chi connectivity index (χ3v) is 4.59. The van der Waals surface area contributed by atoms with E-state index in [1.165, 1.54) is 0 Å². The molecular weight excluding hydrogens is 354 g/mol. The zero-order chi connectivity index (χ0) is 17.9. The summed E-state index contributed by atoms with van der Waals surface area (Å²) in [5.41, 5.74) is 2.20. The Morgan fingerprint density at radius 1 is 1.19 bits per heavy atom. The van der Waals surface area contributed by atoms with Crippen molar-refractivity contribution < 1.29 is 9.53 Å². The molecule has 4 rings (SSSR count). The first-order valence-corrected chi connectivity index (χ1v) is 8.59. The number of nitrogens with one attached hydrogen (secondary N) is 1. The van der Waals surface area contributed by atoms with Gasteiger partial charge >= 0.3 is 0 Å². The molecule has 7 nitrogen and oxygen atoms in total. The van der Waals surface area contributed by atoms with Crippen LogP contribution in [0.3, 0.4) is 0 Å². The number of rotatable bonds is 3. The molecule has 0 radical (unpaired) electrons. The number of aromatic nitrogens is 4. The number of H-pyrrole nitrogens is 1. The zero-order valence-electron chi connectivity index (χ0n) is 13.8. The molecule has 2 heterocycles. The minimum Gasteiger partial charge on any atom is -0.370 e. The van der Waals surface area contributed by atoms with Crippen LogP contribution >= 0.6 is 11.6 Å². The van der Waals surface area contributed by atoms with Crippen molar-refractivity contribution in [1.82, 2.24) is 25.5 Å². The van der Waals surface area contributed by atoms with Crippen LogP contribution in [0.2, 0.25) is 5.02 Å². The van der Waals surface area contributed by atoms with Gasteiger partial charge in [-0.1, -0.05) is 41.9 Å². The smallest absolute Gasteiger partial charge is 0.254 e. The van der Waals surface area contributed by atoms with Crippen molar-refractivity contribution in [3.05, 3.63) is 64.7 Å². The minimum absolute atomic E-state index is 0.0762. The van der Waals surface area contributed by atoms with Gasteiger partial charge in [0.25, 0.3) is 5.91 Å². The van der Waals surface area contributed by atoms with Crippen molar-refractivity contribution in [3.63, 3.8) is 0 Å². The first-order chi connectivity index (χ1) is 12.7. The van der Waals surface area contributed by atoms with Crippen LogP contribution < -0.4 is 0 Å². The lowest BCUT2D eigenvalue weighted by Gasteiger charge is -2.33. The standard InChI is InChI=1S/C18H16ClN5O2/c19-13-7-5-12(6-8-13)16-11-24(9-10-26-16)18(25)15-4-2-1-3-14(15)17-20-22-23-21-17/h1-8,16H,9-11H2,(H,20,21,22,23)/t16-/m0/s1. The van der Waals surface area contributed by atoms with Gasteiger partial charge in [0.2, 0.25) is 5.82 Å². The summed E-state index contributed by atoms with van der Waals surface area (Å²) < 4.78 is 5.85. The van der Waals surface area contributed by atoms with Gasteiger partial charge < -0.3 is 9.64 Å². The highest BCUT2D eigenvalue weighted by Crippen LogP contribution is 2.26. The maximum atomic E-state index is 13.1. The molecule has 3 aromatic rings. The quantitative estimate of drug-likeness (QED) is 0.767. The van der Waals surface area contributed by atoms with Gasteiger partial charge in [0, 0.05) is 17.1 Å². The van der Waals surface area contributed by atoms with Crippen LogP contribution in [-0.4, -0.2) is 51.1 Å². The highest BCUT2D eigenvalue weighted by Gasteiger charge is 2.28. The van der Waals surface area contributed by atoms with E-state index < -0.39 is 0 Å². The fraction of sp³-hybridized carbons (Fsp3) is 0.222. The van der Waals surface area contributed by atoms with Crippen molar-refractivity contribution in [1.29, 1.82) is 0 Å². The molecule has 26 heavy (non-hydrogen) atoms. The van der Waals surface area contributed by atoms with E-state index in [-0.39, 0.29) is 12.0 Å². The monoisotopic (exact) mass is 369 g/mol. The van der Waals surface area contributed by atoms with E-state index in [0.717, 1.165) is 5.56 Å². The third kappa shape index (κ3) is 3.31. The molecule has 0 saturated carbocycles. The molecule has 1 aliphatic heterocycles. The molecule has 8 heteroatoms. The molecule has 0 aliphatic carbocycles. The number of hydrogen-bond acceptors (Lipinski definition) is 5. The molecule has 1 amide bonds. The van der Waals surface area contributed by atoms with Gasteiger partial charge in [-0.05, 0) is 29.0 Å². The number of halogens is 1. The van der Waals surface area contributed by atoms with Crippen molar-refractivity contribution in [2.75, 3.05) is 19.7 Å². The first kappa shape index (κ1) is 16.7. The van der Waals surface area contributed by atoms with Gasteiger partial charge in [0.1, 0.15) is 6.10 Å². The molecule has 0 spiro atoms. The largest absolute Gasteiger partial charge is 0.370 e. The molecule has 0 bridgehead atoms. The van der Waals surface area contributed by atoms with E-state index in [0.29, 0.717) is 41.7 Å². The lowest BCUT2D eigenvalue weighted by atomic mass is 10.0. The average Bonchev–Trinajstić information content (AvgIpc) is 3.23. The number of nitrogens with zero attached hydrogens (tertiary/aromatic N) is 4. The van der Waals surface area contributed by atoms with E-state index in [9.17, 15) is 4.79 Å². The van der Waals surface area contributed by atoms with Gasteiger partial charge in [0.05, 0.1) is 18.7 Å². The summed E-state index contributed by atoms with van der Waals surface area (Å²) in [5.74, 6) is 0.323. The summed E-state index contributed by atoms with van der Waals surface area (Å²) in [6, 6.07) is 14.8. The number of carbonyl (C=O) groups excluding carboxylic acids is 1. The molecule has 0 unspecified atom stereocenters. The molecule has 132 valence electrons. The molecule has 1 aromatic heterocycles. The molecule has 1 atom stereocenters. The lowest BCUT2D eigenvalue weighted by molar-refractivity contribution is -0.0228. The van der Waals surface area contributed by atoms with Gasteiger partial charge in [-0.25, -0.2) is 0 Å². The molecule has 2 aromatic carbocycles. The number of carbonyl (C=O) groups is 1. The molecular formula is C18H16ClN5O2. The normalized spacial score (nSPS) is 17.3. The van der Waals surface area contributed by atoms with Crippen LogP contribution in [0.25, 0.3) is 11.4 Å². The summed E-state index contributed by atoms with van der Waals surface area (Å²) in [7, 11) is 0. The topological polar surface area (TPSA) is 84.0 Å². The number of ether oxygens (including phenoxy) is 1. The fourth-order valence-corrected chi connectivity index (χ4v) is 3.15. The average molecular weight is 370 g/mol.